The predicted octanol–water partition coefficient (Wildman–Crippen LogP) is 5.85. The first-order valence-corrected chi connectivity index (χ1v) is 8.74. The van der Waals surface area contributed by atoms with Gasteiger partial charge < -0.3 is 0 Å². The third kappa shape index (κ3) is 3.64. The summed E-state index contributed by atoms with van der Waals surface area (Å²) < 4.78 is 0.902. The molecule has 1 aromatic carbocycles. The Morgan fingerprint density at radius 1 is 1.19 bits per heavy atom. The Hall–Kier alpha value is -0.930. The summed E-state index contributed by atoms with van der Waals surface area (Å²) >= 11 is 4.94. The van der Waals surface area contributed by atoms with Crippen LogP contribution < -0.4 is 0 Å². The first kappa shape index (κ1) is 16.4. The summed E-state index contributed by atoms with van der Waals surface area (Å²) in [5, 5.41) is 1.94. The third-order valence-electron chi connectivity index (χ3n) is 3.77. The zero-order valence-corrected chi connectivity index (χ0v) is 15.6. The van der Waals surface area contributed by atoms with E-state index >= 15 is 0 Å². The first-order chi connectivity index (χ1) is 9.70. The van der Waals surface area contributed by atoms with Crippen LogP contribution in [-0.2, 0) is 11.8 Å². The SMILES string of the molecule is Cc1cc(C(C)(C)C)cc(C)c1CC(=O)c1sccc1Br. The summed E-state index contributed by atoms with van der Waals surface area (Å²) in [7, 11) is 0. The number of halogens is 1. The van der Waals surface area contributed by atoms with Crippen LogP contribution in [0.5, 0.6) is 0 Å². The van der Waals surface area contributed by atoms with Crippen molar-refractivity contribution in [1.82, 2.24) is 0 Å². The van der Waals surface area contributed by atoms with Crippen LogP contribution in [0.2, 0.25) is 0 Å². The lowest BCUT2D eigenvalue weighted by Gasteiger charge is -2.22. The minimum atomic E-state index is 0.134. The van der Waals surface area contributed by atoms with Gasteiger partial charge in [0.15, 0.2) is 5.78 Å². The van der Waals surface area contributed by atoms with Crippen molar-refractivity contribution in [2.75, 3.05) is 0 Å². The molecule has 21 heavy (non-hydrogen) atoms. The van der Waals surface area contributed by atoms with Gasteiger partial charge in [0.2, 0.25) is 0 Å². The first-order valence-electron chi connectivity index (χ1n) is 7.07. The van der Waals surface area contributed by atoms with Crippen molar-refractivity contribution < 1.29 is 4.79 Å². The summed E-state index contributed by atoms with van der Waals surface area (Å²) in [6.45, 7) is 10.9. The van der Waals surface area contributed by atoms with E-state index in [4.69, 9.17) is 0 Å². The van der Waals surface area contributed by atoms with Crippen LogP contribution in [-0.4, -0.2) is 5.78 Å². The fourth-order valence-electron chi connectivity index (χ4n) is 2.44. The minimum absolute atomic E-state index is 0.134. The van der Waals surface area contributed by atoms with Crippen molar-refractivity contribution in [2.24, 2.45) is 0 Å². The highest BCUT2D eigenvalue weighted by atomic mass is 79.9. The molecule has 2 rings (SSSR count). The van der Waals surface area contributed by atoms with E-state index in [0.717, 1.165) is 14.9 Å². The summed E-state index contributed by atoms with van der Waals surface area (Å²) in [6, 6.07) is 6.37. The van der Waals surface area contributed by atoms with Crippen LogP contribution in [0.25, 0.3) is 0 Å². The maximum Gasteiger partial charge on any atom is 0.178 e. The van der Waals surface area contributed by atoms with Gasteiger partial charge in [0.1, 0.15) is 0 Å². The molecular weight excluding hydrogens is 344 g/mol. The van der Waals surface area contributed by atoms with Gasteiger partial charge in [-0.15, -0.1) is 11.3 Å². The van der Waals surface area contributed by atoms with Crippen LogP contribution in [0, 0.1) is 13.8 Å². The Balaban J connectivity index is 2.34. The largest absolute Gasteiger partial charge is 0.293 e. The second-order valence-corrected chi connectivity index (χ2v) is 8.31. The van der Waals surface area contributed by atoms with Gasteiger partial charge in [-0.05, 0) is 68.9 Å². The summed E-state index contributed by atoms with van der Waals surface area (Å²) in [4.78, 5) is 13.3. The van der Waals surface area contributed by atoms with Crippen LogP contribution in [0.15, 0.2) is 28.1 Å². The molecule has 0 aliphatic rings. The number of ketones is 1. The molecule has 1 nitrogen and oxygen atoms in total. The Morgan fingerprint density at radius 2 is 1.76 bits per heavy atom. The van der Waals surface area contributed by atoms with Gasteiger partial charge in [-0.25, -0.2) is 0 Å². The number of thiophene rings is 1. The fourth-order valence-corrected chi connectivity index (χ4v) is 3.97. The molecule has 0 aliphatic carbocycles. The molecule has 0 atom stereocenters. The van der Waals surface area contributed by atoms with Crippen molar-refractivity contribution >= 4 is 33.0 Å². The number of carbonyl (C=O) groups excluding carboxylic acids is 1. The molecule has 0 fully saturated rings. The van der Waals surface area contributed by atoms with Crippen LogP contribution in [0.3, 0.4) is 0 Å². The summed E-state index contributed by atoms with van der Waals surface area (Å²) in [5.74, 6) is 0.187. The van der Waals surface area contributed by atoms with Gasteiger partial charge >= 0.3 is 0 Å². The van der Waals surface area contributed by atoms with Crippen molar-refractivity contribution in [3.8, 4) is 0 Å². The molecule has 0 unspecified atom stereocenters. The van der Waals surface area contributed by atoms with Crippen molar-refractivity contribution in [2.45, 2.75) is 46.5 Å². The van der Waals surface area contributed by atoms with Crippen molar-refractivity contribution in [1.29, 1.82) is 0 Å². The van der Waals surface area contributed by atoms with E-state index in [1.54, 1.807) is 0 Å². The predicted molar refractivity (Wildman–Crippen MR) is 94.7 cm³/mol. The lowest BCUT2D eigenvalue weighted by molar-refractivity contribution is 0.0996. The van der Waals surface area contributed by atoms with E-state index in [9.17, 15) is 4.79 Å². The molecule has 1 heterocycles. The third-order valence-corrected chi connectivity index (χ3v) is 5.65. The van der Waals surface area contributed by atoms with Gasteiger partial charge in [0, 0.05) is 10.9 Å². The number of aryl methyl sites for hydroxylation is 2. The monoisotopic (exact) mass is 364 g/mol. The average molecular weight is 365 g/mol. The van der Waals surface area contributed by atoms with Crippen LogP contribution in [0.4, 0.5) is 0 Å². The molecule has 0 saturated heterocycles. The minimum Gasteiger partial charge on any atom is -0.293 e. The van der Waals surface area contributed by atoms with Crippen LogP contribution in [0.1, 0.15) is 52.7 Å². The Labute approximate surface area is 139 Å². The van der Waals surface area contributed by atoms with E-state index in [0.29, 0.717) is 6.42 Å². The smallest absolute Gasteiger partial charge is 0.178 e. The summed E-state index contributed by atoms with van der Waals surface area (Å²) in [5.41, 5.74) is 5.04. The lowest BCUT2D eigenvalue weighted by atomic mass is 9.83. The quantitative estimate of drug-likeness (QED) is 0.624. The number of rotatable bonds is 3. The molecule has 0 bridgehead atoms. The van der Waals surface area contributed by atoms with Gasteiger partial charge in [-0.3, -0.25) is 4.79 Å². The molecule has 0 saturated carbocycles. The van der Waals surface area contributed by atoms with Crippen molar-refractivity contribution in [3.63, 3.8) is 0 Å². The maximum atomic E-state index is 12.5. The van der Waals surface area contributed by atoms with E-state index in [-0.39, 0.29) is 11.2 Å². The number of benzene rings is 1. The molecule has 112 valence electrons. The maximum absolute atomic E-state index is 12.5. The molecular formula is C18H21BrOS. The molecule has 1 aromatic heterocycles. The number of hydrogen-bond donors (Lipinski definition) is 0. The fraction of sp³-hybridized carbons (Fsp3) is 0.389. The molecule has 0 radical (unpaired) electrons. The van der Waals surface area contributed by atoms with Gasteiger partial charge in [-0.1, -0.05) is 32.9 Å². The summed E-state index contributed by atoms with van der Waals surface area (Å²) in [6.07, 6.45) is 0.473. The van der Waals surface area contributed by atoms with Crippen molar-refractivity contribution in [3.05, 3.63) is 55.2 Å². The number of Topliss-reactive ketones (excluding diaryl/α,β-unsaturated/α-hetero) is 1. The molecule has 0 aliphatic heterocycles. The zero-order chi connectivity index (χ0) is 15.8. The number of hydrogen-bond acceptors (Lipinski definition) is 2. The zero-order valence-electron chi connectivity index (χ0n) is 13.2. The van der Waals surface area contributed by atoms with E-state index < -0.39 is 0 Å². The average Bonchev–Trinajstić information content (AvgIpc) is 2.78. The topological polar surface area (TPSA) is 17.1 Å². The second-order valence-electron chi connectivity index (χ2n) is 6.54. The van der Waals surface area contributed by atoms with Gasteiger partial charge in [-0.2, -0.15) is 0 Å². The van der Waals surface area contributed by atoms with E-state index in [1.165, 1.54) is 28.0 Å². The van der Waals surface area contributed by atoms with Crippen LogP contribution >= 0.6 is 27.3 Å². The molecule has 0 N–H and O–H groups in total. The normalized spacial score (nSPS) is 11.7. The lowest BCUT2D eigenvalue weighted by Crippen LogP contribution is -2.13. The van der Waals surface area contributed by atoms with Gasteiger partial charge in [0.05, 0.1) is 4.88 Å². The Bertz CT molecular complexity index is 654. The van der Waals surface area contributed by atoms with E-state index in [2.05, 4.69) is 62.7 Å². The molecule has 0 amide bonds. The molecule has 2 aromatic rings. The Kier molecular flexibility index (Phi) is 4.74. The molecule has 0 spiro atoms. The standard InChI is InChI=1S/C18H21BrOS/c1-11-8-13(18(3,4)5)9-12(2)14(11)10-16(20)17-15(19)6-7-21-17/h6-9H,10H2,1-5H3. The Morgan fingerprint density at radius 3 is 2.19 bits per heavy atom. The molecule has 3 heteroatoms. The van der Waals surface area contributed by atoms with Gasteiger partial charge in [0.25, 0.3) is 0 Å². The second kappa shape index (κ2) is 6.05. The van der Waals surface area contributed by atoms with E-state index in [1.807, 2.05) is 11.4 Å². The highest BCUT2D eigenvalue weighted by Gasteiger charge is 2.19. The highest BCUT2D eigenvalue weighted by molar-refractivity contribution is 9.10. The highest BCUT2D eigenvalue weighted by Crippen LogP contribution is 2.29. The number of carbonyl (C=O) groups is 1.